The Hall–Kier alpha value is -2.23. The summed E-state index contributed by atoms with van der Waals surface area (Å²) in [4.78, 5) is 12.7. The van der Waals surface area contributed by atoms with Crippen molar-refractivity contribution in [2.45, 2.75) is 19.8 Å². The second-order valence-corrected chi connectivity index (χ2v) is 6.77. The second kappa shape index (κ2) is 8.43. The number of anilines is 1. The van der Waals surface area contributed by atoms with E-state index in [4.69, 9.17) is 27.9 Å². The average Bonchev–Trinajstić information content (AvgIpc) is 2.64. The maximum absolute atomic E-state index is 12.7. The molecule has 3 aromatic carbocycles. The zero-order chi connectivity index (χ0) is 18.5. The molecular weight excluding hydrogens is 369 g/mol. The summed E-state index contributed by atoms with van der Waals surface area (Å²) in [6.45, 7) is 2.62. The zero-order valence-electron chi connectivity index (χ0n) is 14.4. The number of halogens is 2. The fraction of sp³-hybridized carbons (Fsp3) is 0.190. The summed E-state index contributed by atoms with van der Waals surface area (Å²) < 4.78 is 5.62. The second-order valence-electron chi connectivity index (χ2n) is 5.95. The van der Waals surface area contributed by atoms with Gasteiger partial charge in [0, 0.05) is 16.6 Å². The van der Waals surface area contributed by atoms with Gasteiger partial charge in [0.15, 0.2) is 5.75 Å². The number of hydrogen-bond acceptors (Lipinski definition) is 2. The van der Waals surface area contributed by atoms with Gasteiger partial charge in [0.1, 0.15) is 0 Å². The molecule has 0 saturated carbocycles. The molecule has 0 atom stereocenters. The number of carbonyl (C=O) groups is 1. The van der Waals surface area contributed by atoms with Crippen molar-refractivity contribution in [2.75, 3.05) is 11.9 Å². The van der Waals surface area contributed by atoms with Crippen LogP contribution in [0.2, 0.25) is 10.0 Å². The van der Waals surface area contributed by atoms with E-state index >= 15 is 0 Å². The Morgan fingerprint density at radius 2 is 1.73 bits per heavy atom. The van der Waals surface area contributed by atoms with Crippen LogP contribution in [0.5, 0.6) is 5.75 Å². The van der Waals surface area contributed by atoms with Crippen LogP contribution in [-0.4, -0.2) is 12.5 Å². The van der Waals surface area contributed by atoms with Crippen LogP contribution in [0.1, 0.15) is 30.1 Å². The molecule has 1 amide bonds. The summed E-state index contributed by atoms with van der Waals surface area (Å²) in [5.74, 6) is 0.147. The molecule has 3 nitrogen and oxygen atoms in total. The van der Waals surface area contributed by atoms with E-state index < -0.39 is 0 Å². The number of fused-ring (bicyclic) bond motifs is 1. The minimum Gasteiger partial charge on any atom is -0.490 e. The number of nitrogens with one attached hydrogen (secondary N) is 1. The molecule has 0 saturated heterocycles. The molecule has 0 aliphatic carbocycles. The van der Waals surface area contributed by atoms with Gasteiger partial charge in [0.2, 0.25) is 0 Å². The van der Waals surface area contributed by atoms with Gasteiger partial charge in [-0.25, -0.2) is 0 Å². The highest BCUT2D eigenvalue weighted by molar-refractivity contribution is 6.37. The van der Waals surface area contributed by atoms with E-state index in [0.717, 1.165) is 29.3 Å². The lowest BCUT2D eigenvalue weighted by molar-refractivity contribution is 0.102. The summed E-state index contributed by atoms with van der Waals surface area (Å²) in [6, 6.07) is 16.8. The van der Waals surface area contributed by atoms with Crippen molar-refractivity contribution in [2.24, 2.45) is 0 Å². The first kappa shape index (κ1) is 18.6. The molecule has 0 fully saturated rings. The van der Waals surface area contributed by atoms with Crippen molar-refractivity contribution in [3.8, 4) is 5.75 Å². The fourth-order valence-corrected chi connectivity index (χ4v) is 3.27. The van der Waals surface area contributed by atoms with Gasteiger partial charge in [0.25, 0.3) is 5.91 Å². The standard InChI is InChI=1S/C21H19Cl2NO2/c1-2-3-11-26-20-17(22)12-15(13-18(20)23)21(25)24-19-10-6-8-14-7-4-5-9-16(14)19/h4-10,12-13H,2-3,11H2,1H3,(H,24,25). The van der Waals surface area contributed by atoms with Crippen LogP contribution in [0.4, 0.5) is 5.69 Å². The van der Waals surface area contributed by atoms with Crippen LogP contribution in [0.3, 0.4) is 0 Å². The maximum atomic E-state index is 12.7. The number of hydrogen-bond donors (Lipinski definition) is 1. The topological polar surface area (TPSA) is 38.3 Å². The molecule has 0 aliphatic rings. The van der Waals surface area contributed by atoms with Crippen LogP contribution in [0.15, 0.2) is 54.6 Å². The molecule has 0 unspecified atom stereocenters. The first-order chi connectivity index (χ1) is 12.6. The minimum absolute atomic E-state index is 0.273. The SMILES string of the molecule is CCCCOc1c(Cl)cc(C(=O)Nc2cccc3ccccc23)cc1Cl. The van der Waals surface area contributed by atoms with Gasteiger partial charge in [-0.05, 0) is 30.0 Å². The van der Waals surface area contributed by atoms with Crippen molar-refractivity contribution in [1.29, 1.82) is 0 Å². The van der Waals surface area contributed by atoms with Gasteiger partial charge >= 0.3 is 0 Å². The monoisotopic (exact) mass is 387 g/mol. The van der Waals surface area contributed by atoms with E-state index in [2.05, 4.69) is 12.2 Å². The number of unbranched alkanes of at least 4 members (excludes halogenated alkanes) is 1. The van der Waals surface area contributed by atoms with E-state index in [-0.39, 0.29) is 5.91 Å². The van der Waals surface area contributed by atoms with Gasteiger partial charge in [-0.1, -0.05) is 72.9 Å². The molecule has 5 heteroatoms. The Labute approximate surface area is 162 Å². The maximum Gasteiger partial charge on any atom is 0.255 e. The number of ether oxygens (including phenoxy) is 1. The van der Waals surface area contributed by atoms with Crippen molar-refractivity contribution < 1.29 is 9.53 Å². The summed E-state index contributed by atoms with van der Waals surface area (Å²) in [7, 11) is 0. The third kappa shape index (κ3) is 4.12. The molecule has 26 heavy (non-hydrogen) atoms. The largest absolute Gasteiger partial charge is 0.490 e. The van der Waals surface area contributed by atoms with E-state index in [1.54, 1.807) is 12.1 Å². The summed E-state index contributed by atoms with van der Waals surface area (Å²) in [5.41, 5.74) is 1.12. The van der Waals surface area contributed by atoms with Crippen molar-refractivity contribution in [1.82, 2.24) is 0 Å². The molecule has 3 rings (SSSR count). The molecule has 0 spiro atoms. The van der Waals surface area contributed by atoms with Crippen LogP contribution in [0.25, 0.3) is 10.8 Å². The molecule has 0 heterocycles. The van der Waals surface area contributed by atoms with Gasteiger partial charge in [-0.15, -0.1) is 0 Å². The Morgan fingerprint density at radius 1 is 1.04 bits per heavy atom. The highest BCUT2D eigenvalue weighted by atomic mass is 35.5. The lowest BCUT2D eigenvalue weighted by Gasteiger charge is -2.12. The first-order valence-corrected chi connectivity index (χ1v) is 9.26. The van der Waals surface area contributed by atoms with Crippen LogP contribution >= 0.6 is 23.2 Å². The average molecular weight is 388 g/mol. The lowest BCUT2D eigenvalue weighted by Crippen LogP contribution is -2.12. The highest BCUT2D eigenvalue weighted by Crippen LogP contribution is 2.35. The minimum atomic E-state index is -0.273. The molecule has 0 aromatic heterocycles. The molecule has 134 valence electrons. The van der Waals surface area contributed by atoms with E-state index in [0.29, 0.717) is 28.0 Å². The van der Waals surface area contributed by atoms with Crippen molar-refractivity contribution in [3.63, 3.8) is 0 Å². The molecule has 0 radical (unpaired) electrons. The first-order valence-electron chi connectivity index (χ1n) is 8.51. The van der Waals surface area contributed by atoms with E-state index in [1.165, 1.54) is 0 Å². The Kier molecular flexibility index (Phi) is 6.02. The quantitative estimate of drug-likeness (QED) is 0.485. The normalized spacial score (nSPS) is 10.7. The molecule has 1 N–H and O–H groups in total. The van der Waals surface area contributed by atoms with Crippen LogP contribution < -0.4 is 10.1 Å². The Balaban J connectivity index is 1.83. The summed E-state index contributed by atoms with van der Waals surface area (Å²) >= 11 is 12.5. The molecular formula is C21H19Cl2NO2. The smallest absolute Gasteiger partial charge is 0.255 e. The number of amides is 1. The highest BCUT2D eigenvalue weighted by Gasteiger charge is 2.15. The van der Waals surface area contributed by atoms with Gasteiger partial charge in [-0.3, -0.25) is 4.79 Å². The predicted molar refractivity (Wildman–Crippen MR) is 109 cm³/mol. The van der Waals surface area contributed by atoms with Crippen LogP contribution in [0, 0.1) is 0 Å². The van der Waals surface area contributed by atoms with Crippen LogP contribution in [-0.2, 0) is 0 Å². The van der Waals surface area contributed by atoms with Crippen molar-refractivity contribution >= 4 is 45.6 Å². The molecule has 3 aromatic rings. The summed E-state index contributed by atoms with van der Waals surface area (Å²) in [6.07, 6.45) is 1.93. The predicted octanol–water partition coefficient (Wildman–Crippen LogP) is 6.58. The Morgan fingerprint density at radius 3 is 2.46 bits per heavy atom. The third-order valence-corrected chi connectivity index (χ3v) is 4.60. The number of benzene rings is 3. The van der Waals surface area contributed by atoms with Crippen molar-refractivity contribution in [3.05, 3.63) is 70.2 Å². The Bertz CT molecular complexity index is 912. The third-order valence-electron chi connectivity index (χ3n) is 4.04. The van der Waals surface area contributed by atoms with Gasteiger partial charge in [-0.2, -0.15) is 0 Å². The molecule has 0 aliphatic heterocycles. The zero-order valence-corrected chi connectivity index (χ0v) is 15.9. The van der Waals surface area contributed by atoms with Gasteiger partial charge in [0.05, 0.1) is 16.7 Å². The van der Waals surface area contributed by atoms with E-state index in [1.807, 2.05) is 42.5 Å². The lowest BCUT2D eigenvalue weighted by atomic mass is 10.1. The summed E-state index contributed by atoms with van der Waals surface area (Å²) in [5, 5.41) is 5.62. The van der Waals surface area contributed by atoms with Gasteiger partial charge < -0.3 is 10.1 Å². The fourth-order valence-electron chi connectivity index (χ4n) is 2.68. The number of carbonyl (C=O) groups excluding carboxylic acids is 1. The van der Waals surface area contributed by atoms with E-state index in [9.17, 15) is 4.79 Å². The number of rotatable bonds is 6. The molecule has 0 bridgehead atoms.